The zero-order chi connectivity index (χ0) is 10.3. The van der Waals surface area contributed by atoms with Gasteiger partial charge in [-0.1, -0.05) is 0 Å². The van der Waals surface area contributed by atoms with Gasteiger partial charge in [0.1, 0.15) is 0 Å². The van der Waals surface area contributed by atoms with Gasteiger partial charge < -0.3 is 10.8 Å². The Labute approximate surface area is 92.3 Å². The molecule has 0 atom stereocenters. The van der Waals surface area contributed by atoms with Crippen molar-refractivity contribution in [3.63, 3.8) is 0 Å². The van der Waals surface area contributed by atoms with Crippen LogP contribution in [0.5, 0.6) is 0 Å². The minimum atomic E-state index is -1.01. The Morgan fingerprint density at radius 1 is 1.57 bits per heavy atom. The Bertz CT molecular complexity index is 521. The molecule has 0 saturated heterocycles. The molecule has 2 rings (SSSR count). The van der Waals surface area contributed by atoms with E-state index in [-0.39, 0.29) is 5.56 Å². The fourth-order valence-corrected chi connectivity index (χ4v) is 2.93. The summed E-state index contributed by atoms with van der Waals surface area (Å²) in [5, 5.41) is 11.6. The molecule has 0 radical (unpaired) electrons. The number of halogens is 1. The maximum Gasteiger partial charge on any atom is 0.338 e. The first-order valence-electron chi connectivity index (χ1n) is 3.79. The third-order valence-corrected chi connectivity index (χ3v) is 3.45. The second-order valence-corrected chi connectivity index (χ2v) is 4.59. The Morgan fingerprint density at radius 3 is 2.93 bits per heavy atom. The van der Waals surface area contributed by atoms with Gasteiger partial charge in [-0.15, -0.1) is 11.3 Å². The summed E-state index contributed by atoms with van der Waals surface area (Å²) in [5.41, 5.74) is 6.22. The van der Waals surface area contributed by atoms with Crippen molar-refractivity contribution < 1.29 is 9.90 Å². The van der Waals surface area contributed by atoms with Crippen LogP contribution in [0.25, 0.3) is 10.1 Å². The van der Waals surface area contributed by atoms with Crippen molar-refractivity contribution in [2.24, 2.45) is 0 Å². The first kappa shape index (κ1) is 9.48. The van der Waals surface area contributed by atoms with E-state index >= 15 is 0 Å². The summed E-state index contributed by atoms with van der Waals surface area (Å²) in [4.78, 5) is 10.9. The quantitative estimate of drug-likeness (QED) is 0.784. The Morgan fingerprint density at radius 2 is 2.29 bits per heavy atom. The molecular formula is C9H6BrNO2S. The molecule has 72 valence electrons. The third-order valence-electron chi connectivity index (χ3n) is 1.97. The van der Waals surface area contributed by atoms with E-state index in [9.17, 15) is 4.79 Å². The monoisotopic (exact) mass is 271 g/mol. The molecule has 0 fully saturated rings. The summed E-state index contributed by atoms with van der Waals surface area (Å²) < 4.78 is 1.51. The molecule has 0 aliphatic carbocycles. The van der Waals surface area contributed by atoms with Gasteiger partial charge in [0.2, 0.25) is 0 Å². The number of fused-ring (bicyclic) bond motifs is 1. The lowest BCUT2D eigenvalue weighted by atomic mass is 10.1. The largest absolute Gasteiger partial charge is 0.478 e. The number of aromatic carboxylic acids is 1. The van der Waals surface area contributed by atoms with Gasteiger partial charge in [-0.05, 0) is 33.4 Å². The average molecular weight is 272 g/mol. The summed E-state index contributed by atoms with van der Waals surface area (Å²) in [6.07, 6.45) is 0. The van der Waals surface area contributed by atoms with Crippen LogP contribution in [0.2, 0.25) is 0 Å². The van der Waals surface area contributed by atoms with Crippen LogP contribution in [0.3, 0.4) is 0 Å². The van der Waals surface area contributed by atoms with Gasteiger partial charge in [0.25, 0.3) is 0 Å². The molecule has 0 aliphatic rings. The first-order chi connectivity index (χ1) is 6.61. The smallest absolute Gasteiger partial charge is 0.338 e. The number of nitrogens with two attached hydrogens (primary N) is 1. The molecule has 1 heterocycles. The SMILES string of the molecule is Nc1c(C(=O)O)c(Br)cc2sccc12. The van der Waals surface area contributed by atoms with Crippen molar-refractivity contribution in [2.45, 2.75) is 0 Å². The second kappa shape index (κ2) is 3.25. The van der Waals surface area contributed by atoms with E-state index in [4.69, 9.17) is 10.8 Å². The Kier molecular flexibility index (Phi) is 2.20. The molecular weight excluding hydrogens is 266 g/mol. The molecule has 0 bridgehead atoms. The Balaban J connectivity index is 2.89. The second-order valence-electron chi connectivity index (χ2n) is 2.78. The van der Waals surface area contributed by atoms with Gasteiger partial charge in [-0.2, -0.15) is 0 Å². The van der Waals surface area contributed by atoms with E-state index in [1.165, 1.54) is 11.3 Å². The summed E-state index contributed by atoms with van der Waals surface area (Å²) in [5.74, 6) is -1.01. The molecule has 1 aromatic carbocycles. The van der Waals surface area contributed by atoms with Crippen LogP contribution < -0.4 is 5.73 Å². The van der Waals surface area contributed by atoms with Gasteiger partial charge in [0, 0.05) is 14.6 Å². The summed E-state index contributed by atoms with van der Waals surface area (Å²) in [6.45, 7) is 0. The van der Waals surface area contributed by atoms with Crippen molar-refractivity contribution in [3.8, 4) is 0 Å². The number of thiophene rings is 1. The molecule has 0 saturated carbocycles. The van der Waals surface area contributed by atoms with Crippen LogP contribution in [0, 0.1) is 0 Å². The Hall–Kier alpha value is -1.07. The number of hydrogen-bond acceptors (Lipinski definition) is 3. The highest BCUT2D eigenvalue weighted by atomic mass is 79.9. The van der Waals surface area contributed by atoms with Crippen LogP contribution >= 0.6 is 27.3 Å². The van der Waals surface area contributed by atoms with E-state index < -0.39 is 5.97 Å². The van der Waals surface area contributed by atoms with Crippen LogP contribution in [0.4, 0.5) is 5.69 Å². The van der Waals surface area contributed by atoms with Crippen LogP contribution in [-0.2, 0) is 0 Å². The van der Waals surface area contributed by atoms with Crippen molar-refractivity contribution >= 4 is 49.0 Å². The standard InChI is InChI=1S/C9H6BrNO2S/c10-5-3-6-4(1-2-14-6)8(11)7(5)9(12)13/h1-3H,11H2,(H,12,13). The van der Waals surface area contributed by atoms with Gasteiger partial charge in [-0.3, -0.25) is 0 Å². The minimum absolute atomic E-state index is 0.135. The number of hydrogen-bond donors (Lipinski definition) is 2. The maximum atomic E-state index is 10.9. The molecule has 0 spiro atoms. The lowest BCUT2D eigenvalue weighted by Gasteiger charge is -2.04. The summed E-state index contributed by atoms with van der Waals surface area (Å²) in [7, 11) is 0. The van der Waals surface area contributed by atoms with Gasteiger partial charge >= 0.3 is 5.97 Å². The van der Waals surface area contributed by atoms with Crippen molar-refractivity contribution in [1.29, 1.82) is 0 Å². The molecule has 0 aliphatic heterocycles. The molecule has 0 amide bonds. The fraction of sp³-hybridized carbons (Fsp3) is 0. The third kappa shape index (κ3) is 1.29. The number of carboxylic acids is 1. The lowest BCUT2D eigenvalue weighted by molar-refractivity contribution is 0.0697. The van der Waals surface area contributed by atoms with Gasteiger partial charge in [0.05, 0.1) is 11.3 Å². The fourth-order valence-electron chi connectivity index (χ4n) is 1.32. The minimum Gasteiger partial charge on any atom is -0.478 e. The number of carboxylic acid groups (broad SMARTS) is 1. The van der Waals surface area contributed by atoms with E-state index in [1.807, 2.05) is 11.4 Å². The van der Waals surface area contributed by atoms with E-state index in [0.29, 0.717) is 10.2 Å². The van der Waals surface area contributed by atoms with E-state index in [2.05, 4.69) is 15.9 Å². The summed E-state index contributed by atoms with van der Waals surface area (Å²) in [6, 6.07) is 3.61. The molecule has 0 unspecified atom stereocenters. The summed E-state index contributed by atoms with van der Waals surface area (Å²) >= 11 is 4.73. The van der Waals surface area contributed by atoms with Crippen LogP contribution in [-0.4, -0.2) is 11.1 Å². The highest BCUT2D eigenvalue weighted by molar-refractivity contribution is 9.10. The predicted octanol–water partition coefficient (Wildman–Crippen LogP) is 2.94. The lowest BCUT2D eigenvalue weighted by Crippen LogP contribution is -2.03. The van der Waals surface area contributed by atoms with Crippen molar-refractivity contribution in [3.05, 3.63) is 27.5 Å². The number of benzene rings is 1. The van der Waals surface area contributed by atoms with Gasteiger partial charge in [-0.25, -0.2) is 4.79 Å². The predicted molar refractivity (Wildman–Crippen MR) is 60.9 cm³/mol. The van der Waals surface area contributed by atoms with E-state index in [0.717, 1.165) is 10.1 Å². The zero-order valence-corrected chi connectivity index (χ0v) is 9.35. The molecule has 3 N–H and O–H groups in total. The highest BCUT2D eigenvalue weighted by Crippen LogP contribution is 2.34. The van der Waals surface area contributed by atoms with E-state index in [1.54, 1.807) is 6.07 Å². The number of carbonyl (C=O) groups is 1. The normalized spacial score (nSPS) is 10.6. The molecule has 3 nitrogen and oxygen atoms in total. The number of rotatable bonds is 1. The van der Waals surface area contributed by atoms with Crippen LogP contribution in [0.15, 0.2) is 22.0 Å². The molecule has 1 aromatic heterocycles. The molecule has 14 heavy (non-hydrogen) atoms. The van der Waals surface area contributed by atoms with Gasteiger partial charge in [0.15, 0.2) is 0 Å². The number of nitrogen functional groups attached to an aromatic ring is 1. The zero-order valence-electron chi connectivity index (χ0n) is 6.95. The highest BCUT2D eigenvalue weighted by Gasteiger charge is 2.15. The topological polar surface area (TPSA) is 63.3 Å². The maximum absolute atomic E-state index is 10.9. The van der Waals surface area contributed by atoms with Crippen LogP contribution in [0.1, 0.15) is 10.4 Å². The number of anilines is 1. The molecule has 2 aromatic rings. The average Bonchev–Trinajstić information content (AvgIpc) is 2.50. The molecule has 5 heteroatoms. The van der Waals surface area contributed by atoms with Crippen molar-refractivity contribution in [2.75, 3.05) is 5.73 Å². The van der Waals surface area contributed by atoms with Crippen molar-refractivity contribution in [1.82, 2.24) is 0 Å². The first-order valence-corrected chi connectivity index (χ1v) is 5.47.